The summed E-state index contributed by atoms with van der Waals surface area (Å²) in [4.78, 5) is 0. The summed E-state index contributed by atoms with van der Waals surface area (Å²) in [5.74, 6) is 0. The summed E-state index contributed by atoms with van der Waals surface area (Å²) < 4.78 is 37.4. The molecule has 0 nitrogen and oxygen atoms in total. The number of hydrogen-bond donors (Lipinski definition) is 0. The van der Waals surface area contributed by atoms with Crippen LogP contribution in [0.25, 0.3) is 0 Å². The van der Waals surface area contributed by atoms with Gasteiger partial charge in [-0.3, -0.25) is 0 Å². The zero-order valence-corrected chi connectivity index (χ0v) is 11.8. The molecule has 0 amide bonds. The maximum atomic E-state index is 12.5. The van der Waals surface area contributed by atoms with Crippen LogP contribution in [-0.4, -0.2) is 0 Å². The predicted octanol–water partition coefficient (Wildman–Crippen LogP) is 5.88. The van der Waals surface area contributed by atoms with Gasteiger partial charge in [-0.15, -0.1) is 11.6 Å². The number of halogens is 5. The molecule has 0 aliphatic rings. The van der Waals surface area contributed by atoms with Gasteiger partial charge in [-0.05, 0) is 41.8 Å². The van der Waals surface area contributed by atoms with Gasteiger partial charge in [0.2, 0.25) is 0 Å². The lowest BCUT2D eigenvalue weighted by molar-refractivity contribution is -0.137. The van der Waals surface area contributed by atoms with E-state index >= 15 is 0 Å². The minimum Gasteiger partial charge on any atom is -0.166 e. The summed E-state index contributed by atoms with van der Waals surface area (Å²) in [5.41, 5.74) is 0.973. The van der Waals surface area contributed by atoms with E-state index in [1.165, 1.54) is 12.1 Å². The molecule has 0 aliphatic heterocycles. The zero-order chi connectivity index (χ0) is 14.8. The standard InChI is InChI=1S/C15H11Cl2F3/c16-13-7-1-10(2-8-13)9-14(17)11-3-5-12(6-4-11)15(18,19)20/h1-8,14H,9H2. The molecular weight excluding hydrogens is 308 g/mol. The first-order chi connectivity index (χ1) is 9.36. The van der Waals surface area contributed by atoms with Crippen LogP contribution in [-0.2, 0) is 12.6 Å². The molecule has 2 rings (SSSR count). The lowest BCUT2D eigenvalue weighted by atomic mass is 10.0. The van der Waals surface area contributed by atoms with E-state index in [-0.39, 0.29) is 5.38 Å². The first kappa shape index (κ1) is 15.2. The first-order valence-electron chi connectivity index (χ1n) is 5.92. The molecule has 106 valence electrons. The van der Waals surface area contributed by atoms with E-state index in [9.17, 15) is 13.2 Å². The van der Waals surface area contributed by atoms with Crippen molar-refractivity contribution in [1.82, 2.24) is 0 Å². The van der Waals surface area contributed by atoms with Crippen molar-refractivity contribution in [3.8, 4) is 0 Å². The van der Waals surface area contributed by atoms with Crippen LogP contribution < -0.4 is 0 Å². The quantitative estimate of drug-likeness (QED) is 0.620. The molecule has 20 heavy (non-hydrogen) atoms. The Morgan fingerprint density at radius 2 is 1.45 bits per heavy atom. The maximum absolute atomic E-state index is 12.5. The highest BCUT2D eigenvalue weighted by atomic mass is 35.5. The topological polar surface area (TPSA) is 0 Å². The van der Waals surface area contributed by atoms with Crippen molar-refractivity contribution in [2.75, 3.05) is 0 Å². The van der Waals surface area contributed by atoms with Gasteiger partial charge >= 0.3 is 6.18 Å². The SMILES string of the molecule is FC(F)(F)c1ccc(C(Cl)Cc2ccc(Cl)cc2)cc1. The van der Waals surface area contributed by atoms with Crippen molar-refractivity contribution >= 4 is 23.2 Å². The lowest BCUT2D eigenvalue weighted by Crippen LogP contribution is -2.05. The summed E-state index contributed by atoms with van der Waals surface area (Å²) in [6, 6.07) is 12.1. The Labute approximate surface area is 125 Å². The molecule has 0 fully saturated rings. The zero-order valence-electron chi connectivity index (χ0n) is 10.3. The Bertz CT molecular complexity index is 559. The third-order valence-electron chi connectivity index (χ3n) is 2.93. The van der Waals surface area contributed by atoms with Crippen LogP contribution in [0.3, 0.4) is 0 Å². The van der Waals surface area contributed by atoms with Crippen LogP contribution in [0.5, 0.6) is 0 Å². The minimum atomic E-state index is -4.32. The van der Waals surface area contributed by atoms with Crippen LogP contribution in [0, 0.1) is 0 Å². The molecule has 1 atom stereocenters. The van der Waals surface area contributed by atoms with E-state index in [4.69, 9.17) is 23.2 Å². The van der Waals surface area contributed by atoms with Gasteiger partial charge in [0.1, 0.15) is 0 Å². The molecule has 0 aromatic heterocycles. The van der Waals surface area contributed by atoms with Crippen LogP contribution in [0.15, 0.2) is 48.5 Å². The first-order valence-corrected chi connectivity index (χ1v) is 6.73. The maximum Gasteiger partial charge on any atom is 0.416 e. The highest BCUT2D eigenvalue weighted by molar-refractivity contribution is 6.30. The van der Waals surface area contributed by atoms with E-state index in [0.717, 1.165) is 17.7 Å². The molecule has 0 N–H and O–H groups in total. The summed E-state index contributed by atoms with van der Waals surface area (Å²) in [6.45, 7) is 0. The largest absolute Gasteiger partial charge is 0.416 e. The number of alkyl halides is 4. The van der Waals surface area contributed by atoms with Gasteiger partial charge in [0, 0.05) is 5.02 Å². The Morgan fingerprint density at radius 1 is 0.900 bits per heavy atom. The van der Waals surface area contributed by atoms with Gasteiger partial charge in [0.15, 0.2) is 0 Å². The molecule has 1 unspecified atom stereocenters. The van der Waals surface area contributed by atoms with Gasteiger partial charge in [0.05, 0.1) is 10.9 Å². The number of benzene rings is 2. The van der Waals surface area contributed by atoms with Gasteiger partial charge in [0.25, 0.3) is 0 Å². The van der Waals surface area contributed by atoms with Crippen LogP contribution >= 0.6 is 23.2 Å². The number of rotatable bonds is 3. The molecule has 0 saturated heterocycles. The van der Waals surface area contributed by atoms with E-state index in [2.05, 4.69) is 0 Å². The van der Waals surface area contributed by atoms with Crippen molar-refractivity contribution < 1.29 is 13.2 Å². The van der Waals surface area contributed by atoms with Crippen molar-refractivity contribution in [2.24, 2.45) is 0 Å². The highest BCUT2D eigenvalue weighted by Crippen LogP contribution is 2.32. The van der Waals surface area contributed by atoms with E-state index < -0.39 is 11.7 Å². The van der Waals surface area contributed by atoms with Gasteiger partial charge in [-0.2, -0.15) is 13.2 Å². The average molecular weight is 319 g/mol. The normalized spacial score (nSPS) is 13.2. The summed E-state index contributed by atoms with van der Waals surface area (Å²) >= 11 is 12.0. The summed E-state index contributed by atoms with van der Waals surface area (Å²) in [7, 11) is 0. The second kappa shape index (κ2) is 6.06. The van der Waals surface area contributed by atoms with Crippen LogP contribution in [0.2, 0.25) is 5.02 Å². The Kier molecular flexibility index (Phi) is 4.61. The van der Waals surface area contributed by atoms with Gasteiger partial charge in [-0.25, -0.2) is 0 Å². The molecule has 0 saturated carbocycles. The molecule has 2 aromatic carbocycles. The molecule has 0 spiro atoms. The van der Waals surface area contributed by atoms with E-state index in [0.29, 0.717) is 17.0 Å². The molecule has 0 bridgehead atoms. The molecule has 5 heteroatoms. The fraction of sp³-hybridized carbons (Fsp3) is 0.200. The van der Waals surface area contributed by atoms with E-state index in [1.54, 1.807) is 12.1 Å². The van der Waals surface area contributed by atoms with Crippen molar-refractivity contribution in [2.45, 2.75) is 18.0 Å². The molecule has 0 heterocycles. The van der Waals surface area contributed by atoms with Crippen LogP contribution in [0.1, 0.15) is 22.1 Å². The molecule has 2 aromatic rings. The summed E-state index contributed by atoms with van der Waals surface area (Å²) in [5, 5.41) is 0.257. The predicted molar refractivity (Wildman–Crippen MR) is 75.2 cm³/mol. The van der Waals surface area contributed by atoms with Crippen molar-refractivity contribution in [3.63, 3.8) is 0 Å². The lowest BCUT2D eigenvalue weighted by Gasteiger charge is -2.12. The monoisotopic (exact) mass is 318 g/mol. The molecule has 0 radical (unpaired) electrons. The second-order valence-corrected chi connectivity index (χ2v) is 5.38. The number of hydrogen-bond acceptors (Lipinski definition) is 0. The van der Waals surface area contributed by atoms with Crippen molar-refractivity contribution in [3.05, 3.63) is 70.2 Å². The second-order valence-electron chi connectivity index (χ2n) is 4.42. The third-order valence-corrected chi connectivity index (χ3v) is 3.59. The highest BCUT2D eigenvalue weighted by Gasteiger charge is 2.30. The van der Waals surface area contributed by atoms with Crippen LogP contribution in [0.4, 0.5) is 13.2 Å². The van der Waals surface area contributed by atoms with Gasteiger partial charge < -0.3 is 0 Å². The molecular formula is C15H11Cl2F3. The average Bonchev–Trinajstić information content (AvgIpc) is 2.40. The molecule has 0 aliphatic carbocycles. The fourth-order valence-electron chi connectivity index (χ4n) is 1.83. The third kappa shape index (κ3) is 3.90. The van der Waals surface area contributed by atoms with E-state index in [1.807, 2.05) is 12.1 Å². The van der Waals surface area contributed by atoms with Crippen molar-refractivity contribution in [1.29, 1.82) is 0 Å². The van der Waals surface area contributed by atoms with Gasteiger partial charge in [-0.1, -0.05) is 35.9 Å². The summed E-state index contributed by atoms with van der Waals surface area (Å²) in [6.07, 6.45) is -3.79. The minimum absolute atomic E-state index is 0.376. The smallest absolute Gasteiger partial charge is 0.166 e. The Hall–Kier alpha value is -1.19. The Morgan fingerprint density at radius 3 is 1.95 bits per heavy atom. The Balaban J connectivity index is 2.09. The fourth-order valence-corrected chi connectivity index (χ4v) is 2.28.